The van der Waals surface area contributed by atoms with Gasteiger partial charge in [0, 0.05) is 36.1 Å². The molecule has 7 N–H and O–H groups in total. The minimum absolute atomic E-state index is 0.0488. The fourth-order valence-electron chi connectivity index (χ4n) is 6.46. The monoisotopic (exact) mass is 724 g/mol. The van der Waals surface area contributed by atoms with Crippen molar-refractivity contribution in [3.8, 4) is 51.7 Å². The molecular weight excluding hydrogens is 672 g/mol. The number of aromatic hydroxyl groups is 7. The van der Waals surface area contributed by atoms with Crippen molar-refractivity contribution in [2.24, 2.45) is 0 Å². The molecule has 0 unspecified atom stereocenters. The van der Waals surface area contributed by atoms with E-state index in [2.05, 4.69) is 6.92 Å². The molecule has 1 aliphatic rings. The molecule has 1 heterocycles. The average molecular weight is 725 g/mol. The van der Waals surface area contributed by atoms with E-state index in [1.54, 1.807) is 0 Å². The third kappa shape index (κ3) is 11.2. The average Bonchev–Trinajstić information content (AvgIpc) is 3.10. The number of esters is 2. The summed E-state index contributed by atoms with van der Waals surface area (Å²) in [5.41, 5.74) is -0.0183. The van der Waals surface area contributed by atoms with Crippen LogP contribution in [0.15, 0.2) is 36.4 Å². The summed E-state index contributed by atoms with van der Waals surface area (Å²) in [7, 11) is 0. The smallest absolute Gasteiger partial charge is 0.338 e. The fraction of sp³-hybridized carbons (Fsp3) is 0.500. The van der Waals surface area contributed by atoms with E-state index in [1.807, 2.05) is 0 Å². The molecule has 0 fully saturated rings. The second-order valence-corrected chi connectivity index (χ2v) is 13.6. The molecular formula is C40H52O12. The molecule has 0 saturated heterocycles. The van der Waals surface area contributed by atoms with Gasteiger partial charge in [-0.2, -0.15) is 0 Å². The quantitative estimate of drug-likeness (QED) is 0.0253. The Morgan fingerprint density at radius 3 is 1.71 bits per heavy atom. The summed E-state index contributed by atoms with van der Waals surface area (Å²) >= 11 is 0. The second-order valence-electron chi connectivity index (χ2n) is 13.6. The number of hydrogen-bond donors (Lipinski definition) is 7. The number of unbranched alkanes of at least 4 members (excludes halogenated alkanes) is 14. The van der Waals surface area contributed by atoms with Crippen LogP contribution < -0.4 is 9.47 Å². The summed E-state index contributed by atoms with van der Waals surface area (Å²) in [6.07, 6.45) is 15.4. The molecule has 12 heteroatoms. The summed E-state index contributed by atoms with van der Waals surface area (Å²) in [5, 5.41) is 71.5. The fourth-order valence-corrected chi connectivity index (χ4v) is 6.46. The van der Waals surface area contributed by atoms with E-state index < -0.39 is 58.6 Å². The Morgan fingerprint density at radius 2 is 1.17 bits per heavy atom. The first-order valence-corrected chi connectivity index (χ1v) is 18.4. The lowest BCUT2D eigenvalue weighted by atomic mass is 9.93. The van der Waals surface area contributed by atoms with Gasteiger partial charge in [-0.25, -0.2) is 4.79 Å². The zero-order valence-corrected chi connectivity index (χ0v) is 29.8. The van der Waals surface area contributed by atoms with E-state index in [9.17, 15) is 45.3 Å². The highest BCUT2D eigenvalue weighted by Crippen LogP contribution is 2.46. The SMILES string of the molecule is CCCCCCCCCCCCCCCCCC(=O)Oc1c(O)cc([C@@H]2Oc3cc(O)cc(O)c3C[C@@H]2OC(=O)c2cc(O)c(O)c(O)c2)cc1O. The normalized spacial score (nSPS) is 15.1. The van der Waals surface area contributed by atoms with Gasteiger partial charge in [0.05, 0.1) is 5.56 Å². The van der Waals surface area contributed by atoms with Crippen LogP contribution in [0.5, 0.6) is 51.7 Å². The number of benzene rings is 3. The minimum Gasteiger partial charge on any atom is -0.508 e. The molecule has 4 rings (SSSR count). The van der Waals surface area contributed by atoms with E-state index in [-0.39, 0.29) is 46.8 Å². The molecule has 0 saturated carbocycles. The topological polar surface area (TPSA) is 203 Å². The van der Waals surface area contributed by atoms with Crippen LogP contribution in [0.1, 0.15) is 137 Å². The molecule has 52 heavy (non-hydrogen) atoms. The Labute approximate surface area is 304 Å². The third-order valence-corrected chi connectivity index (χ3v) is 9.33. The Balaban J connectivity index is 1.30. The molecule has 0 spiro atoms. The molecule has 3 aromatic rings. The van der Waals surface area contributed by atoms with Gasteiger partial charge in [-0.3, -0.25) is 4.79 Å². The lowest BCUT2D eigenvalue weighted by Crippen LogP contribution is -2.34. The largest absolute Gasteiger partial charge is 0.508 e. The maximum absolute atomic E-state index is 13.1. The lowest BCUT2D eigenvalue weighted by molar-refractivity contribution is -0.134. The summed E-state index contributed by atoms with van der Waals surface area (Å²) in [6, 6.07) is 6.45. The number of carbonyl (C=O) groups is 2. The van der Waals surface area contributed by atoms with Crippen LogP contribution >= 0.6 is 0 Å². The summed E-state index contributed by atoms with van der Waals surface area (Å²) in [5.74, 6) is -6.19. The van der Waals surface area contributed by atoms with Gasteiger partial charge in [-0.15, -0.1) is 0 Å². The highest BCUT2D eigenvalue weighted by molar-refractivity contribution is 5.91. The van der Waals surface area contributed by atoms with Gasteiger partial charge in [0.1, 0.15) is 23.4 Å². The van der Waals surface area contributed by atoms with Gasteiger partial charge >= 0.3 is 11.9 Å². The van der Waals surface area contributed by atoms with E-state index in [0.29, 0.717) is 6.42 Å². The Hall–Kier alpha value is -5.00. The van der Waals surface area contributed by atoms with Gasteiger partial charge in [0.25, 0.3) is 0 Å². The second kappa shape index (κ2) is 19.6. The van der Waals surface area contributed by atoms with Gasteiger partial charge in [0.2, 0.25) is 5.75 Å². The number of rotatable bonds is 20. The van der Waals surface area contributed by atoms with Gasteiger partial charge in [-0.05, 0) is 30.7 Å². The first-order valence-electron chi connectivity index (χ1n) is 18.4. The standard InChI is InChI=1S/C40H52O12/c1-2-3-4-5-6-7-8-9-10-11-12-13-14-15-16-17-36(47)52-39-32(45)18-25(19-33(39)46)38-35(24-28-29(42)22-27(41)23-34(28)50-38)51-40(49)26-20-30(43)37(48)31(44)21-26/h18-23,35,38,41-46,48H,2-17,24H2,1H3/t35-,38-/m0/s1. The van der Waals surface area contributed by atoms with Crippen molar-refractivity contribution in [1.82, 2.24) is 0 Å². The van der Waals surface area contributed by atoms with Crippen LogP contribution in [-0.4, -0.2) is 53.8 Å². The van der Waals surface area contributed by atoms with Crippen molar-refractivity contribution in [3.05, 3.63) is 53.1 Å². The highest BCUT2D eigenvalue weighted by Gasteiger charge is 2.37. The molecule has 3 aromatic carbocycles. The van der Waals surface area contributed by atoms with E-state index in [0.717, 1.165) is 37.5 Å². The number of fused-ring (bicyclic) bond motifs is 1. The van der Waals surface area contributed by atoms with Crippen LogP contribution in [0, 0.1) is 0 Å². The van der Waals surface area contributed by atoms with Crippen molar-refractivity contribution in [2.45, 2.75) is 128 Å². The number of hydrogen-bond acceptors (Lipinski definition) is 12. The third-order valence-electron chi connectivity index (χ3n) is 9.33. The minimum atomic E-state index is -1.22. The van der Waals surface area contributed by atoms with Crippen LogP contribution in [0.3, 0.4) is 0 Å². The predicted octanol–water partition coefficient (Wildman–Crippen LogP) is 8.69. The summed E-state index contributed by atoms with van der Waals surface area (Å²) < 4.78 is 16.9. The van der Waals surface area contributed by atoms with Crippen molar-refractivity contribution < 1.29 is 59.5 Å². The van der Waals surface area contributed by atoms with E-state index in [1.165, 1.54) is 88.8 Å². The number of ether oxygens (including phenoxy) is 3. The maximum atomic E-state index is 13.1. The summed E-state index contributed by atoms with van der Waals surface area (Å²) in [6.45, 7) is 2.24. The Morgan fingerprint density at radius 1 is 0.654 bits per heavy atom. The van der Waals surface area contributed by atoms with Crippen molar-refractivity contribution >= 4 is 11.9 Å². The Kier molecular flexibility index (Phi) is 15.0. The lowest BCUT2D eigenvalue weighted by Gasteiger charge is -2.34. The van der Waals surface area contributed by atoms with Crippen LogP contribution in [0.4, 0.5) is 0 Å². The zero-order valence-electron chi connectivity index (χ0n) is 29.8. The zero-order chi connectivity index (χ0) is 37.6. The maximum Gasteiger partial charge on any atom is 0.338 e. The summed E-state index contributed by atoms with van der Waals surface area (Å²) in [4.78, 5) is 25.7. The molecule has 0 radical (unpaired) electrons. The first kappa shape index (κ1) is 39.8. The molecule has 0 aromatic heterocycles. The molecule has 284 valence electrons. The molecule has 1 aliphatic heterocycles. The Bertz CT molecular complexity index is 1610. The molecule has 0 bridgehead atoms. The van der Waals surface area contributed by atoms with Crippen LogP contribution in [0.2, 0.25) is 0 Å². The first-order chi connectivity index (χ1) is 25.0. The van der Waals surface area contributed by atoms with Crippen molar-refractivity contribution in [3.63, 3.8) is 0 Å². The molecule has 12 nitrogen and oxygen atoms in total. The highest BCUT2D eigenvalue weighted by atomic mass is 16.6. The molecule has 0 aliphatic carbocycles. The van der Waals surface area contributed by atoms with Gasteiger partial charge in [0.15, 0.2) is 34.9 Å². The number of phenolic OH excluding ortho intramolecular Hbond substituents is 7. The molecule has 0 amide bonds. The van der Waals surface area contributed by atoms with Crippen LogP contribution in [0.25, 0.3) is 0 Å². The van der Waals surface area contributed by atoms with Crippen molar-refractivity contribution in [2.75, 3.05) is 0 Å². The van der Waals surface area contributed by atoms with Gasteiger partial charge < -0.3 is 50.0 Å². The van der Waals surface area contributed by atoms with Gasteiger partial charge in [-0.1, -0.05) is 96.8 Å². The van der Waals surface area contributed by atoms with E-state index in [4.69, 9.17) is 14.2 Å². The van der Waals surface area contributed by atoms with Crippen LogP contribution in [-0.2, 0) is 16.0 Å². The van der Waals surface area contributed by atoms with Crippen molar-refractivity contribution in [1.29, 1.82) is 0 Å². The van der Waals surface area contributed by atoms with E-state index >= 15 is 0 Å². The predicted molar refractivity (Wildman–Crippen MR) is 192 cm³/mol. The number of phenols is 7. The molecule has 2 atom stereocenters. The number of carbonyl (C=O) groups excluding carboxylic acids is 2.